The van der Waals surface area contributed by atoms with Gasteiger partial charge >= 0.3 is 0 Å². The van der Waals surface area contributed by atoms with Gasteiger partial charge in [-0.3, -0.25) is 0 Å². The van der Waals surface area contributed by atoms with Gasteiger partial charge in [0.15, 0.2) is 0 Å². The van der Waals surface area contributed by atoms with Crippen molar-refractivity contribution in [2.24, 2.45) is 0 Å². The molecule has 5 heteroatoms. The van der Waals surface area contributed by atoms with Gasteiger partial charge in [0, 0.05) is 12.1 Å². The van der Waals surface area contributed by atoms with Gasteiger partial charge in [0.1, 0.15) is 6.17 Å². The van der Waals surface area contributed by atoms with Crippen molar-refractivity contribution in [3.8, 4) is 0 Å². The first-order valence-corrected chi connectivity index (χ1v) is 7.91. The zero-order valence-electron chi connectivity index (χ0n) is 11.6. The predicted molar refractivity (Wildman–Crippen MR) is 73.3 cm³/mol. The Labute approximate surface area is 114 Å². The molecule has 0 amide bonds. The maximum Gasteiger partial charge on any atom is 0.243 e. The largest absolute Gasteiger partial charge is 0.246 e. The summed E-state index contributed by atoms with van der Waals surface area (Å²) in [6.45, 7) is 5.55. The summed E-state index contributed by atoms with van der Waals surface area (Å²) in [5, 5.41) is 0. The summed E-state index contributed by atoms with van der Waals surface area (Å²) in [5.41, 5.74) is 0.465. The molecule has 0 bridgehead atoms. The van der Waals surface area contributed by atoms with Gasteiger partial charge in [0.25, 0.3) is 0 Å². The van der Waals surface area contributed by atoms with Crippen LogP contribution in [0.4, 0.5) is 4.39 Å². The molecule has 0 spiro atoms. The summed E-state index contributed by atoms with van der Waals surface area (Å²) >= 11 is 0. The van der Waals surface area contributed by atoms with Crippen LogP contribution in [0.15, 0.2) is 29.2 Å². The van der Waals surface area contributed by atoms with Gasteiger partial charge in [0.2, 0.25) is 10.0 Å². The second-order valence-corrected chi connectivity index (χ2v) is 7.66. The number of aryl methyl sites for hydroxylation is 1. The maximum atomic E-state index is 13.6. The van der Waals surface area contributed by atoms with Gasteiger partial charge in [-0.2, -0.15) is 4.31 Å². The quantitative estimate of drug-likeness (QED) is 0.838. The lowest BCUT2D eigenvalue weighted by Gasteiger charge is -2.42. The highest BCUT2D eigenvalue weighted by atomic mass is 32.2. The van der Waals surface area contributed by atoms with E-state index < -0.39 is 21.7 Å². The van der Waals surface area contributed by atoms with Gasteiger partial charge in [-0.25, -0.2) is 12.8 Å². The van der Waals surface area contributed by atoms with Crippen LogP contribution in [-0.4, -0.2) is 31.0 Å². The fourth-order valence-corrected chi connectivity index (χ4v) is 4.25. The number of rotatable bonds is 2. The van der Waals surface area contributed by atoms with E-state index in [0.717, 1.165) is 5.56 Å². The minimum absolute atomic E-state index is 0.0524. The van der Waals surface area contributed by atoms with Crippen molar-refractivity contribution < 1.29 is 12.8 Å². The van der Waals surface area contributed by atoms with Crippen LogP contribution >= 0.6 is 0 Å². The molecule has 1 aliphatic heterocycles. The normalized spacial score (nSPS) is 24.3. The molecular weight excluding hydrogens is 265 g/mol. The van der Waals surface area contributed by atoms with Gasteiger partial charge in [-0.15, -0.1) is 0 Å². The average Bonchev–Trinajstić information content (AvgIpc) is 2.33. The van der Waals surface area contributed by atoms with Gasteiger partial charge in [0.05, 0.1) is 4.90 Å². The Kier molecular flexibility index (Phi) is 3.71. The summed E-state index contributed by atoms with van der Waals surface area (Å²) < 4.78 is 40.1. The van der Waals surface area contributed by atoms with E-state index in [2.05, 4.69) is 0 Å². The maximum absolute atomic E-state index is 13.6. The molecule has 0 N–H and O–H groups in total. The Hall–Kier alpha value is -0.940. The van der Waals surface area contributed by atoms with E-state index in [9.17, 15) is 12.8 Å². The second kappa shape index (κ2) is 4.87. The zero-order chi connectivity index (χ0) is 14.3. The lowest BCUT2D eigenvalue weighted by Crippen LogP contribution is -2.53. The molecule has 3 nitrogen and oxygen atoms in total. The van der Waals surface area contributed by atoms with Crippen molar-refractivity contribution in [3.05, 3.63) is 29.8 Å². The SMILES string of the molecule is Cc1ccc(S(=O)(=O)N2CC(F)CCC2(C)C)cc1. The minimum atomic E-state index is -3.63. The number of hydrogen-bond donors (Lipinski definition) is 0. The van der Waals surface area contributed by atoms with E-state index in [1.807, 2.05) is 20.8 Å². The number of alkyl halides is 1. The third-order valence-electron chi connectivity index (χ3n) is 3.72. The van der Waals surface area contributed by atoms with E-state index in [1.165, 1.54) is 4.31 Å². The van der Waals surface area contributed by atoms with Crippen LogP contribution in [0.1, 0.15) is 32.3 Å². The van der Waals surface area contributed by atoms with Crippen LogP contribution in [0, 0.1) is 6.92 Å². The molecule has 2 rings (SSSR count). The second-order valence-electron chi connectivity index (χ2n) is 5.80. The van der Waals surface area contributed by atoms with E-state index in [1.54, 1.807) is 24.3 Å². The average molecular weight is 285 g/mol. The Morgan fingerprint density at radius 2 is 1.84 bits per heavy atom. The molecule has 0 saturated carbocycles. The first-order chi connectivity index (χ1) is 8.73. The van der Waals surface area contributed by atoms with Crippen LogP contribution < -0.4 is 0 Å². The van der Waals surface area contributed by atoms with Crippen LogP contribution in [-0.2, 0) is 10.0 Å². The number of nitrogens with zero attached hydrogens (tertiary/aromatic N) is 1. The lowest BCUT2D eigenvalue weighted by molar-refractivity contribution is 0.102. The van der Waals surface area contributed by atoms with E-state index >= 15 is 0 Å². The van der Waals surface area contributed by atoms with Crippen molar-refractivity contribution >= 4 is 10.0 Å². The Morgan fingerprint density at radius 1 is 1.26 bits per heavy atom. The van der Waals surface area contributed by atoms with E-state index in [0.29, 0.717) is 12.8 Å². The summed E-state index contributed by atoms with van der Waals surface area (Å²) in [6, 6.07) is 6.69. The van der Waals surface area contributed by atoms with Crippen molar-refractivity contribution in [3.63, 3.8) is 0 Å². The molecule has 19 heavy (non-hydrogen) atoms. The molecule has 1 heterocycles. The highest BCUT2D eigenvalue weighted by molar-refractivity contribution is 7.89. The number of sulfonamides is 1. The van der Waals surface area contributed by atoms with Crippen molar-refractivity contribution in [2.75, 3.05) is 6.54 Å². The summed E-state index contributed by atoms with van der Waals surface area (Å²) in [4.78, 5) is 0.236. The molecule has 1 saturated heterocycles. The topological polar surface area (TPSA) is 37.4 Å². The molecule has 0 aliphatic carbocycles. The number of hydrogen-bond acceptors (Lipinski definition) is 2. The smallest absolute Gasteiger partial charge is 0.243 e. The number of benzene rings is 1. The number of halogens is 1. The Balaban J connectivity index is 2.40. The van der Waals surface area contributed by atoms with Crippen LogP contribution in [0.3, 0.4) is 0 Å². The third kappa shape index (κ3) is 2.82. The summed E-state index contributed by atoms with van der Waals surface area (Å²) in [7, 11) is -3.63. The standard InChI is InChI=1S/C14H20FNO2S/c1-11-4-6-13(7-5-11)19(17,18)16-10-12(15)8-9-14(16,2)3/h4-7,12H,8-10H2,1-3H3. The Bertz CT molecular complexity index is 551. The predicted octanol–water partition coefficient (Wildman–Crippen LogP) is 2.90. The number of piperidine rings is 1. The van der Waals surface area contributed by atoms with Gasteiger partial charge in [-0.1, -0.05) is 17.7 Å². The summed E-state index contributed by atoms with van der Waals surface area (Å²) in [6.07, 6.45) is -0.111. The molecular formula is C14H20FNO2S. The van der Waals surface area contributed by atoms with Crippen molar-refractivity contribution in [1.82, 2.24) is 4.31 Å². The molecule has 1 atom stereocenters. The third-order valence-corrected chi connectivity index (χ3v) is 5.81. The molecule has 106 valence electrons. The van der Waals surface area contributed by atoms with E-state index in [4.69, 9.17) is 0 Å². The molecule has 1 fully saturated rings. The fourth-order valence-electron chi connectivity index (χ4n) is 2.41. The minimum Gasteiger partial charge on any atom is -0.246 e. The lowest BCUT2D eigenvalue weighted by atomic mass is 9.92. The molecule has 0 aromatic heterocycles. The first-order valence-electron chi connectivity index (χ1n) is 6.47. The molecule has 1 aromatic carbocycles. The van der Waals surface area contributed by atoms with Crippen LogP contribution in [0.25, 0.3) is 0 Å². The highest BCUT2D eigenvalue weighted by Crippen LogP contribution is 2.33. The summed E-state index contributed by atoms with van der Waals surface area (Å²) in [5.74, 6) is 0. The zero-order valence-corrected chi connectivity index (χ0v) is 12.4. The monoisotopic (exact) mass is 285 g/mol. The Morgan fingerprint density at radius 3 is 2.42 bits per heavy atom. The van der Waals surface area contributed by atoms with Crippen molar-refractivity contribution in [2.45, 2.75) is 50.2 Å². The van der Waals surface area contributed by atoms with E-state index in [-0.39, 0.29) is 11.4 Å². The van der Waals surface area contributed by atoms with Crippen LogP contribution in [0.2, 0.25) is 0 Å². The first kappa shape index (κ1) is 14.5. The van der Waals surface area contributed by atoms with Crippen LogP contribution in [0.5, 0.6) is 0 Å². The molecule has 1 unspecified atom stereocenters. The van der Waals surface area contributed by atoms with Crippen molar-refractivity contribution in [1.29, 1.82) is 0 Å². The van der Waals surface area contributed by atoms with Gasteiger partial charge < -0.3 is 0 Å². The van der Waals surface area contributed by atoms with Gasteiger partial charge in [-0.05, 0) is 45.7 Å². The molecule has 1 aliphatic rings. The molecule has 0 radical (unpaired) electrons. The highest BCUT2D eigenvalue weighted by Gasteiger charge is 2.42. The fraction of sp³-hybridized carbons (Fsp3) is 0.571. The molecule has 1 aromatic rings.